The number of hydrogen-bond acceptors (Lipinski definition) is 5. The standard InChI is InChI=1S/C20H20N4O4/c1-28-18(26)11-4-13-2-7-15(8-3-13)23-12-17(25)24(20(23)27)16-9-5-14(6-10-16)19(21)22/h2-3,5-10H,4,11-12H2,1H3,(H3,21,22). The Labute approximate surface area is 162 Å². The zero-order valence-corrected chi connectivity index (χ0v) is 15.3. The molecule has 2 aromatic rings. The van der Waals surface area contributed by atoms with Gasteiger partial charge in [0.2, 0.25) is 0 Å². The van der Waals surface area contributed by atoms with E-state index in [9.17, 15) is 14.4 Å². The molecule has 28 heavy (non-hydrogen) atoms. The quantitative estimate of drug-likeness (QED) is 0.344. The molecule has 0 unspecified atom stereocenters. The van der Waals surface area contributed by atoms with Gasteiger partial charge in [-0.25, -0.2) is 9.69 Å². The molecule has 8 nitrogen and oxygen atoms in total. The van der Waals surface area contributed by atoms with Crippen LogP contribution in [0.2, 0.25) is 0 Å². The lowest BCUT2D eigenvalue weighted by Gasteiger charge is -2.17. The molecule has 0 atom stereocenters. The lowest BCUT2D eigenvalue weighted by Crippen LogP contribution is -2.33. The summed E-state index contributed by atoms with van der Waals surface area (Å²) in [4.78, 5) is 38.9. The van der Waals surface area contributed by atoms with Gasteiger partial charge in [-0.15, -0.1) is 0 Å². The highest BCUT2D eigenvalue weighted by atomic mass is 16.5. The number of aryl methyl sites for hydroxylation is 1. The lowest BCUT2D eigenvalue weighted by molar-refractivity contribution is -0.140. The number of nitrogens with two attached hydrogens (primary N) is 1. The summed E-state index contributed by atoms with van der Waals surface area (Å²) in [7, 11) is 1.35. The normalized spacial score (nSPS) is 13.8. The molecule has 0 bridgehead atoms. The molecule has 0 saturated carbocycles. The van der Waals surface area contributed by atoms with Gasteiger partial charge in [0.25, 0.3) is 5.91 Å². The third-order valence-corrected chi connectivity index (χ3v) is 4.49. The number of amides is 3. The van der Waals surface area contributed by atoms with Crippen LogP contribution in [-0.2, 0) is 20.7 Å². The number of nitrogens with one attached hydrogen (secondary N) is 1. The third kappa shape index (κ3) is 3.85. The highest BCUT2D eigenvalue weighted by molar-refractivity contribution is 6.27. The van der Waals surface area contributed by atoms with Crippen LogP contribution in [0.5, 0.6) is 0 Å². The summed E-state index contributed by atoms with van der Waals surface area (Å²) < 4.78 is 4.62. The summed E-state index contributed by atoms with van der Waals surface area (Å²) in [6, 6.07) is 13.1. The summed E-state index contributed by atoms with van der Waals surface area (Å²) in [6.45, 7) is -0.0607. The van der Waals surface area contributed by atoms with Crippen LogP contribution in [0.4, 0.5) is 16.2 Å². The van der Waals surface area contributed by atoms with Crippen LogP contribution in [0.25, 0.3) is 0 Å². The van der Waals surface area contributed by atoms with Crippen molar-refractivity contribution < 1.29 is 19.1 Å². The van der Waals surface area contributed by atoms with Gasteiger partial charge in [-0.3, -0.25) is 19.9 Å². The average Bonchev–Trinajstić information content (AvgIpc) is 3.00. The Morgan fingerprint density at radius 2 is 1.68 bits per heavy atom. The van der Waals surface area contributed by atoms with E-state index < -0.39 is 6.03 Å². The monoisotopic (exact) mass is 380 g/mol. The van der Waals surface area contributed by atoms with Gasteiger partial charge < -0.3 is 10.5 Å². The van der Waals surface area contributed by atoms with Crippen LogP contribution in [0, 0.1) is 5.41 Å². The Morgan fingerprint density at radius 3 is 2.25 bits per heavy atom. The molecular weight excluding hydrogens is 360 g/mol. The van der Waals surface area contributed by atoms with E-state index in [1.807, 2.05) is 12.1 Å². The SMILES string of the molecule is COC(=O)CCc1ccc(N2CC(=O)N(c3ccc(C(=N)N)cc3)C2=O)cc1. The van der Waals surface area contributed by atoms with Crippen molar-refractivity contribution in [2.24, 2.45) is 5.73 Å². The molecule has 8 heteroatoms. The second-order valence-electron chi connectivity index (χ2n) is 6.30. The molecule has 1 aliphatic rings. The average molecular weight is 380 g/mol. The smallest absolute Gasteiger partial charge is 0.336 e. The number of carbonyl (C=O) groups is 3. The highest BCUT2D eigenvalue weighted by Gasteiger charge is 2.37. The maximum atomic E-state index is 12.8. The fourth-order valence-electron chi connectivity index (χ4n) is 2.94. The van der Waals surface area contributed by atoms with Crippen LogP contribution >= 0.6 is 0 Å². The summed E-state index contributed by atoms with van der Waals surface area (Å²) in [5.74, 6) is -0.703. The van der Waals surface area contributed by atoms with Gasteiger partial charge in [-0.1, -0.05) is 12.1 Å². The molecule has 0 radical (unpaired) electrons. The van der Waals surface area contributed by atoms with Crippen molar-refractivity contribution in [3.05, 3.63) is 59.7 Å². The number of nitrogen functional groups attached to an aromatic ring is 1. The van der Waals surface area contributed by atoms with Crippen molar-refractivity contribution in [1.82, 2.24) is 0 Å². The molecule has 2 aromatic carbocycles. The largest absolute Gasteiger partial charge is 0.469 e. The van der Waals surface area contributed by atoms with Crippen LogP contribution in [-0.4, -0.2) is 37.4 Å². The van der Waals surface area contributed by atoms with Gasteiger partial charge in [0.05, 0.1) is 12.8 Å². The molecule has 0 aliphatic carbocycles. The summed E-state index contributed by atoms with van der Waals surface area (Å²) in [5, 5.41) is 7.42. The predicted molar refractivity (Wildman–Crippen MR) is 104 cm³/mol. The molecule has 1 fully saturated rings. The van der Waals surface area contributed by atoms with Crippen molar-refractivity contribution in [2.75, 3.05) is 23.5 Å². The summed E-state index contributed by atoms with van der Waals surface area (Å²) >= 11 is 0. The van der Waals surface area contributed by atoms with Gasteiger partial charge in [-0.05, 0) is 48.4 Å². The van der Waals surface area contributed by atoms with E-state index in [4.69, 9.17) is 11.1 Å². The van der Waals surface area contributed by atoms with E-state index in [1.165, 1.54) is 12.0 Å². The molecular formula is C20H20N4O4. The number of anilines is 2. The topological polar surface area (TPSA) is 117 Å². The van der Waals surface area contributed by atoms with Crippen molar-refractivity contribution in [3.8, 4) is 0 Å². The minimum atomic E-state index is -0.442. The Hall–Kier alpha value is -3.68. The van der Waals surface area contributed by atoms with Crippen LogP contribution < -0.4 is 15.5 Å². The molecule has 3 amide bonds. The minimum absolute atomic E-state index is 0.0607. The molecule has 144 valence electrons. The fourth-order valence-corrected chi connectivity index (χ4v) is 2.94. The first-order valence-corrected chi connectivity index (χ1v) is 8.65. The highest BCUT2D eigenvalue weighted by Crippen LogP contribution is 2.26. The second-order valence-corrected chi connectivity index (χ2v) is 6.30. The fraction of sp³-hybridized carbons (Fsp3) is 0.200. The van der Waals surface area contributed by atoms with Gasteiger partial charge in [0, 0.05) is 17.7 Å². The number of hydrogen-bond donors (Lipinski definition) is 2. The number of nitrogens with zero attached hydrogens (tertiary/aromatic N) is 2. The molecule has 0 spiro atoms. The number of urea groups is 1. The van der Waals surface area contributed by atoms with Crippen molar-refractivity contribution in [3.63, 3.8) is 0 Å². The molecule has 3 N–H and O–H groups in total. The number of methoxy groups -OCH3 is 1. The second kappa shape index (κ2) is 7.91. The van der Waals surface area contributed by atoms with E-state index in [1.54, 1.807) is 36.4 Å². The Kier molecular flexibility index (Phi) is 5.39. The van der Waals surface area contributed by atoms with Gasteiger partial charge in [0.1, 0.15) is 12.4 Å². The predicted octanol–water partition coefficient (Wildman–Crippen LogP) is 2.05. The number of carbonyl (C=O) groups excluding carboxylic acids is 3. The number of benzene rings is 2. The van der Waals surface area contributed by atoms with Crippen molar-refractivity contribution in [2.45, 2.75) is 12.8 Å². The number of amidine groups is 1. The third-order valence-electron chi connectivity index (χ3n) is 4.49. The maximum absolute atomic E-state index is 12.8. The first-order chi connectivity index (χ1) is 13.4. The van der Waals surface area contributed by atoms with E-state index in [0.29, 0.717) is 23.4 Å². The Bertz CT molecular complexity index is 922. The van der Waals surface area contributed by atoms with Gasteiger partial charge in [-0.2, -0.15) is 0 Å². The molecule has 1 saturated heterocycles. The maximum Gasteiger partial charge on any atom is 0.336 e. The van der Waals surface area contributed by atoms with E-state index in [2.05, 4.69) is 4.74 Å². The van der Waals surface area contributed by atoms with Gasteiger partial charge in [0.15, 0.2) is 0 Å². The molecule has 1 heterocycles. The van der Waals surface area contributed by atoms with E-state index in [-0.39, 0.29) is 30.7 Å². The summed E-state index contributed by atoms with van der Waals surface area (Å²) in [6.07, 6.45) is 0.815. The number of rotatable bonds is 6. The Balaban J connectivity index is 1.74. The number of ether oxygens (including phenoxy) is 1. The molecule has 1 aliphatic heterocycles. The van der Waals surface area contributed by atoms with Crippen molar-refractivity contribution >= 4 is 35.1 Å². The molecule has 3 rings (SSSR count). The Morgan fingerprint density at radius 1 is 1.07 bits per heavy atom. The zero-order valence-electron chi connectivity index (χ0n) is 15.3. The van der Waals surface area contributed by atoms with E-state index >= 15 is 0 Å². The van der Waals surface area contributed by atoms with Crippen LogP contribution in [0.3, 0.4) is 0 Å². The van der Waals surface area contributed by atoms with E-state index in [0.717, 1.165) is 10.5 Å². The minimum Gasteiger partial charge on any atom is -0.469 e. The zero-order chi connectivity index (χ0) is 20.3. The van der Waals surface area contributed by atoms with Crippen LogP contribution in [0.15, 0.2) is 48.5 Å². The summed E-state index contributed by atoms with van der Waals surface area (Å²) in [5.41, 5.74) is 7.91. The first-order valence-electron chi connectivity index (χ1n) is 8.65. The van der Waals surface area contributed by atoms with Crippen molar-refractivity contribution in [1.29, 1.82) is 5.41 Å². The van der Waals surface area contributed by atoms with Crippen LogP contribution in [0.1, 0.15) is 17.5 Å². The number of imide groups is 1. The molecule has 0 aromatic heterocycles. The lowest BCUT2D eigenvalue weighted by atomic mass is 10.1. The number of esters is 1. The first kappa shape index (κ1) is 19.1. The van der Waals surface area contributed by atoms with Gasteiger partial charge >= 0.3 is 12.0 Å².